The second-order valence-corrected chi connectivity index (χ2v) is 23.2. The number of hydrogen-bond acceptors (Lipinski definition) is 2. The van der Waals surface area contributed by atoms with Crippen molar-refractivity contribution in [2.75, 3.05) is 4.90 Å². The molecule has 0 bridgehead atoms. The van der Waals surface area contributed by atoms with Crippen LogP contribution in [0.15, 0.2) is 243 Å². The minimum atomic E-state index is -0.503. The van der Waals surface area contributed by atoms with Crippen molar-refractivity contribution in [3.05, 3.63) is 282 Å². The Morgan fingerprint density at radius 1 is 0.362 bits per heavy atom. The molecule has 0 saturated heterocycles. The summed E-state index contributed by atoms with van der Waals surface area (Å²) in [6.45, 7) is 14.0. The van der Waals surface area contributed by atoms with E-state index in [0.29, 0.717) is 5.92 Å². The fraction of sp³-hybridized carbons (Fsp3) is 0.132. The van der Waals surface area contributed by atoms with Gasteiger partial charge in [0.1, 0.15) is 11.5 Å². The smallest absolute Gasteiger partial charge is 0.251 e. The van der Waals surface area contributed by atoms with Gasteiger partial charge in [0.2, 0.25) is 0 Å². The van der Waals surface area contributed by atoms with E-state index in [1.807, 2.05) is 0 Å². The highest BCUT2D eigenvalue weighted by atomic mass is 16.5. The molecule has 1 aromatic heterocycles. The van der Waals surface area contributed by atoms with Gasteiger partial charge in [0.25, 0.3) is 6.71 Å². The number of hydrogen-bond donors (Lipinski definition) is 0. The van der Waals surface area contributed by atoms with E-state index in [-0.39, 0.29) is 18.5 Å². The Bertz CT molecular complexity index is 4370. The third-order valence-corrected chi connectivity index (χ3v) is 17.9. The third kappa shape index (κ3) is 7.00. The largest absolute Gasteiger partial charge is 0.458 e. The van der Waals surface area contributed by atoms with Gasteiger partial charge in [-0.2, -0.15) is 0 Å². The maximum atomic E-state index is 7.63. The average molecular weight is 1030 g/mol. The zero-order valence-electron chi connectivity index (χ0n) is 46.2. The quantitative estimate of drug-likeness (QED) is 0.154. The van der Waals surface area contributed by atoms with Crippen LogP contribution in [-0.2, 0) is 5.41 Å². The molecule has 1 aliphatic carbocycles. The molecule has 3 heterocycles. The predicted molar refractivity (Wildman–Crippen MR) is 339 cm³/mol. The Kier molecular flexibility index (Phi) is 11.1. The first kappa shape index (κ1) is 48.0. The molecule has 15 rings (SSSR count). The van der Waals surface area contributed by atoms with Gasteiger partial charge in [0.05, 0.1) is 27.8 Å². The Balaban J connectivity index is 0.998. The molecule has 0 N–H and O–H groups in total. The van der Waals surface area contributed by atoms with Crippen LogP contribution in [0.1, 0.15) is 98.2 Å². The second kappa shape index (κ2) is 18.5. The van der Waals surface area contributed by atoms with Gasteiger partial charge in [-0.05, 0) is 137 Å². The van der Waals surface area contributed by atoms with Crippen molar-refractivity contribution in [2.45, 2.75) is 64.7 Å². The number of nitrogens with zero attached hydrogens (tertiary/aromatic N) is 2. The number of rotatable bonds is 6. The first-order chi connectivity index (χ1) is 39.2. The lowest BCUT2D eigenvalue weighted by Gasteiger charge is -2.45. The van der Waals surface area contributed by atoms with E-state index in [4.69, 9.17) is 4.74 Å². The van der Waals surface area contributed by atoms with Crippen LogP contribution >= 0.6 is 0 Å². The Labute approximate surface area is 469 Å². The summed E-state index contributed by atoms with van der Waals surface area (Å²) in [5.41, 5.74) is 21.8. The summed E-state index contributed by atoms with van der Waals surface area (Å²) in [5.74, 6) is 2.71. The molecule has 4 heteroatoms. The molecular weight excluding hydrogens is 968 g/mol. The predicted octanol–water partition coefficient (Wildman–Crippen LogP) is 18.4. The lowest BCUT2D eigenvalue weighted by Crippen LogP contribution is -2.57. The van der Waals surface area contributed by atoms with Crippen LogP contribution in [0, 0.1) is 0 Å². The number of para-hydroxylation sites is 4. The van der Waals surface area contributed by atoms with Crippen LogP contribution in [0.25, 0.3) is 60.2 Å². The molecule has 0 amide bonds. The lowest BCUT2D eigenvalue weighted by molar-refractivity contribution is 0.487. The van der Waals surface area contributed by atoms with Gasteiger partial charge in [-0.3, -0.25) is 0 Å². The highest BCUT2D eigenvalue weighted by molar-refractivity contribution is 6.97. The topological polar surface area (TPSA) is 17.4 Å². The van der Waals surface area contributed by atoms with Gasteiger partial charge >= 0.3 is 0 Å². The number of fused-ring (bicyclic) bond motifs is 18. The molecule has 80 heavy (non-hydrogen) atoms. The monoisotopic (exact) mass is 1030 g/mol. The highest BCUT2D eigenvalue weighted by Crippen LogP contribution is 2.63. The summed E-state index contributed by atoms with van der Waals surface area (Å²) in [7, 11) is 0. The second-order valence-electron chi connectivity index (χ2n) is 23.2. The Hall–Kier alpha value is -9.12. The van der Waals surface area contributed by atoms with Crippen LogP contribution in [-0.4, -0.2) is 11.3 Å². The van der Waals surface area contributed by atoms with Gasteiger partial charge in [0, 0.05) is 34.3 Å². The van der Waals surface area contributed by atoms with Crippen molar-refractivity contribution >= 4 is 83.5 Å². The summed E-state index contributed by atoms with van der Waals surface area (Å²) in [6.07, 6.45) is 0. The first-order valence-corrected chi connectivity index (χ1v) is 28.7. The number of benzene rings is 11. The minimum absolute atomic E-state index is 0.0996. The van der Waals surface area contributed by atoms with E-state index in [2.05, 4.69) is 294 Å². The standard InChI is InChI=1S/C76H61BN2O/c1-47(2)50-43-61(48(3)4)75(62(44-50)49(5)6)77-67-41-39-51(78-69-35-19-13-29-59(69)55-25-9-7-23-53(55)54-24-8-10-26-56(54)60-30-14-20-36-70(60)78)45-73(67)80-74-46-52(40-42-68(74)77)79-71-37-21-17-33-65(71)76(66-34-18-22-38-72(66)79)63-31-15-11-27-57(63)58-28-12-16-32-64(58)76/h7-49H,1-6H3. The van der Waals surface area contributed by atoms with E-state index < -0.39 is 5.41 Å². The van der Waals surface area contributed by atoms with Gasteiger partial charge in [-0.15, -0.1) is 0 Å². The van der Waals surface area contributed by atoms with Crippen molar-refractivity contribution in [2.24, 2.45) is 0 Å². The van der Waals surface area contributed by atoms with Gasteiger partial charge in [-0.1, -0.05) is 241 Å². The van der Waals surface area contributed by atoms with E-state index in [1.54, 1.807) is 0 Å². The molecule has 1 spiro atoms. The summed E-state index contributed by atoms with van der Waals surface area (Å²) < 4.78 is 10.1. The molecule has 384 valence electrons. The van der Waals surface area contributed by atoms with E-state index in [0.717, 1.165) is 45.3 Å². The van der Waals surface area contributed by atoms with E-state index >= 15 is 0 Å². The zero-order valence-corrected chi connectivity index (χ0v) is 46.2. The molecule has 0 fully saturated rings. The average Bonchev–Trinajstić information content (AvgIpc) is 3.27. The van der Waals surface area contributed by atoms with E-state index in [1.165, 1.54) is 98.8 Å². The van der Waals surface area contributed by atoms with Gasteiger partial charge in [-0.25, -0.2) is 0 Å². The van der Waals surface area contributed by atoms with Crippen LogP contribution in [0.4, 0.5) is 17.1 Å². The third-order valence-electron chi connectivity index (χ3n) is 17.9. The summed E-state index contributed by atoms with van der Waals surface area (Å²) in [6, 6.07) is 91.1. The molecule has 11 aromatic carbocycles. The molecule has 0 saturated carbocycles. The number of aromatic nitrogens is 1. The Morgan fingerprint density at radius 3 is 1.23 bits per heavy atom. The lowest BCUT2D eigenvalue weighted by atomic mass is 9.34. The molecule has 3 nitrogen and oxygen atoms in total. The number of ether oxygens (including phenoxy) is 1. The van der Waals surface area contributed by atoms with Crippen molar-refractivity contribution in [3.8, 4) is 28.3 Å². The van der Waals surface area contributed by atoms with Crippen molar-refractivity contribution in [1.82, 2.24) is 4.57 Å². The van der Waals surface area contributed by atoms with Gasteiger partial charge < -0.3 is 14.2 Å². The van der Waals surface area contributed by atoms with Crippen LogP contribution < -0.4 is 26.0 Å². The van der Waals surface area contributed by atoms with Gasteiger partial charge in [0.15, 0.2) is 0 Å². The first-order valence-electron chi connectivity index (χ1n) is 28.7. The molecule has 12 aromatic rings. The van der Waals surface area contributed by atoms with Crippen LogP contribution in [0.5, 0.6) is 11.5 Å². The van der Waals surface area contributed by atoms with Crippen molar-refractivity contribution in [3.63, 3.8) is 0 Å². The zero-order chi connectivity index (χ0) is 54.0. The maximum Gasteiger partial charge on any atom is 0.251 e. The summed E-state index contributed by atoms with van der Waals surface area (Å²) in [4.78, 5) is 2.49. The summed E-state index contributed by atoms with van der Waals surface area (Å²) >= 11 is 0. The molecular formula is C76H61BN2O. The highest BCUT2D eigenvalue weighted by Gasteiger charge is 2.51. The maximum absolute atomic E-state index is 7.63. The Morgan fingerprint density at radius 2 is 0.750 bits per heavy atom. The fourth-order valence-corrected chi connectivity index (χ4v) is 14.4. The molecule has 0 unspecified atom stereocenters. The minimum Gasteiger partial charge on any atom is -0.458 e. The summed E-state index contributed by atoms with van der Waals surface area (Å²) in [5, 5.41) is 7.17. The molecule has 0 radical (unpaired) electrons. The van der Waals surface area contributed by atoms with Crippen molar-refractivity contribution in [1.29, 1.82) is 0 Å². The number of anilines is 3. The van der Waals surface area contributed by atoms with Crippen molar-refractivity contribution < 1.29 is 4.74 Å². The molecule has 3 aliphatic rings. The van der Waals surface area contributed by atoms with E-state index in [9.17, 15) is 0 Å². The van der Waals surface area contributed by atoms with Crippen LogP contribution in [0.2, 0.25) is 0 Å². The fourth-order valence-electron chi connectivity index (χ4n) is 14.4. The SMILES string of the molecule is CC(C)c1cc(C(C)C)c(B2c3ccc(N4c5ccccc5C5(c6ccccc6-c6ccccc65)c5ccccc54)cc3Oc3cc(-n4c5ccccc5c5ccccc5c5ccccc5c5ccccc54)ccc32)c(C(C)C)c1. The molecule has 2 aliphatic heterocycles. The normalized spacial score (nSPS) is 13.6. The molecule has 0 atom stereocenters. The van der Waals surface area contributed by atoms with Crippen LogP contribution in [0.3, 0.4) is 0 Å².